The molecule has 0 spiro atoms. The molecule has 1 heteroatoms. The SMILES string of the molecule is CC(C)C[C@H](O)CCC1C(C)CCCC1(C)C. The van der Waals surface area contributed by atoms with Gasteiger partial charge in [-0.15, -0.1) is 0 Å². The Morgan fingerprint density at radius 1 is 1.29 bits per heavy atom. The van der Waals surface area contributed by atoms with Crippen molar-refractivity contribution in [2.24, 2.45) is 23.2 Å². The van der Waals surface area contributed by atoms with E-state index in [-0.39, 0.29) is 6.10 Å². The van der Waals surface area contributed by atoms with Gasteiger partial charge in [0.2, 0.25) is 0 Å². The summed E-state index contributed by atoms with van der Waals surface area (Å²) < 4.78 is 0. The molecule has 1 N–H and O–H groups in total. The Morgan fingerprint density at radius 2 is 1.94 bits per heavy atom. The molecule has 1 fully saturated rings. The lowest BCUT2D eigenvalue weighted by Gasteiger charge is -2.43. The number of aliphatic hydroxyl groups is 1. The van der Waals surface area contributed by atoms with Crippen molar-refractivity contribution in [3.63, 3.8) is 0 Å². The van der Waals surface area contributed by atoms with E-state index in [1.54, 1.807) is 0 Å². The van der Waals surface area contributed by atoms with Gasteiger partial charge in [0.05, 0.1) is 6.10 Å². The van der Waals surface area contributed by atoms with Crippen LogP contribution in [0.15, 0.2) is 0 Å². The van der Waals surface area contributed by atoms with Gasteiger partial charge in [0.25, 0.3) is 0 Å². The fourth-order valence-electron chi connectivity index (χ4n) is 3.75. The Morgan fingerprint density at radius 3 is 2.47 bits per heavy atom. The minimum Gasteiger partial charge on any atom is -0.393 e. The minimum atomic E-state index is -0.0834. The van der Waals surface area contributed by atoms with E-state index in [9.17, 15) is 5.11 Å². The standard InChI is InChI=1S/C16H32O/c1-12(2)11-14(17)8-9-15-13(3)7-6-10-16(15,4)5/h12-15,17H,6-11H2,1-5H3/t13?,14-,15?/m1/s1. The molecule has 1 aliphatic carbocycles. The van der Waals surface area contributed by atoms with E-state index < -0.39 is 0 Å². The van der Waals surface area contributed by atoms with Gasteiger partial charge in [-0.05, 0) is 48.9 Å². The van der Waals surface area contributed by atoms with E-state index in [0.717, 1.165) is 24.7 Å². The molecule has 17 heavy (non-hydrogen) atoms. The maximum absolute atomic E-state index is 10.0. The first-order valence-corrected chi connectivity index (χ1v) is 7.51. The van der Waals surface area contributed by atoms with Crippen molar-refractivity contribution in [1.82, 2.24) is 0 Å². The molecule has 102 valence electrons. The van der Waals surface area contributed by atoms with Crippen molar-refractivity contribution in [2.75, 3.05) is 0 Å². The lowest BCUT2D eigenvalue weighted by molar-refractivity contribution is 0.0536. The van der Waals surface area contributed by atoms with Gasteiger partial charge in [-0.1, -0.05) is 47.5 Å². The Bertz CT molecular complexity index is 220. The van der Waals surface area contributed by atoms with Crippen LogP contribution < -0.4 is 0 Å². The first-order valence-electron chi connectivity index (χ1n) is 7.51. The number of hydrogen-bond acceptors (Lipinski definition) is 1. The van der Waals surface area contributed by atoms with Gasteiger partial charge in [-0.2, -0.15) is 0 Å². The number of aliphatic hydroxyl groups excluding tert-OH is 1. The van der Waals surface area contributed by atoms with Gasteiger partial charge in [0, 0.05) is 0 Å². The third-order valence-corrected chi connectivity index (χ3v) is 4.73. The Kier molecular flexibility index (Phi) is 5.50. The van der Waals surface area contributed by atoms with E-state index in [2.05, 4.69) is 34.6 Å². The van der Waals surface area contributed by atoms with E-state index in [1.165, 1.54) is 25.7 Å². The molecule has 1 aliphatic rings. The van der Waals surface area contributed by atoms with Crippen LogP contribution in [0.25, 0.3) is 0 Å². The normalized spacial score (nSPS) is 30.5. The van der Waals surface area contributed by atoms with Crippen LogP contribution in [0.3, 0.4) is 0 Å². The van der Waals surface area contributed by atoms with Crippen molar-refractivity contribution in [2.45, 2.75) is 79.2 Å². The van der Waals surface area contributed by atoms with Crippen LogP contribution >= 0.6 is 0 Å². The molecular weight excluding hydrogens is 208 g/mol. The smallest absolute Gasteiger partial charge is 0.0542 e. The van der Waals surface area contributed by atoms with Gasteiger partial charge >= 0.3 is 0 Å². The fraction of sp³-hybridized carbons (Fsp3) is 1.00. The lowest BCUT2D eigenvalue weighted by Crippen LogP contribution is -2.34. The monoisotopic (exact) mass is 240 g/mol. The van der Waals surface area contributed by atoms with Crippen molar-refractivity contribution in [3.05, 3.63) is 0 Å². The van der Waals surface area contributed by atoms with Crippen LogP contribution in [0.1, 0.15) is 73.1 Å². The predicted molar refractivity (Wildman–Crippen MR) is 75.0 cm³/mol. The van der Waals surface area contributed by atoms with Gasteiger partial charge in [0.1, 0.15) is 0 Å². The third kappa shape index (κ3) is 4.62. The molecule has 0 amide bonds. The second kappa shape index (κ2) is 6.22. The van der Waals surface area contributed by atoms with Crippen LogP contribution in [0.5, 0.6) is 0 Å². The van der Waals surface area contributed by atoms with Gasteiger partial charge < -0.3 is 5.11 Å². The molecule has 0 radical (unpaired) electrons. The molecule has 1 rings (SSSR count). The zero-order valence-corrected chi connectivity index (χ0v) is 12.5. The van der Waals surface area contributed by atoms with Crippen molar-refractivity contribution < 1.29 is 5.11 Å². The summed E-state index contributed by atoms with van der Waals surface area (Å²) in [5.41, 5.74) is 0.481. The van der Waals surface area contributed by atoms with Crippen molar-refractivity contribution >= 4 is 0 Å². The van der Waals surface area contributed by atoms with E-state index >= 15 is 0 Å². The molecule has 3 atom stereocenters. The van der Waals surface area contributed by atoms with Crippen LogP contribution in [0.4, 0.5) is 0 Å². The molecule has 0 aromatic rings. The van der Waals surface area contributed by atoms with Crippen LogP contribution in [-0.2, 0) is 0 Å². The molecule has 0 bridgehead atoms. The van der Waals surface area contributed by atoms with E-state index in [1.807, 2.05) is 0 Å². The zero-order valence-electron chi connectivity index (χ0n) is 12.5. The van der Waals surface area contributed by atoms with E-state index in [0.29, 0.717) is 11.3 Å². The second-order valence-electron chi connectivity index (χ2n) is 7.33. The molecule has 0 aliphatic heterocycles. The molecule has 0 saturated heterocycles. The predicted octanol–water partition coefficient (Wildman–Crippen LogP) is 4.64. The van der Waals surface area contributed by atoms with Gasteiger partial charge in [0.15, 0.2) is 0 Å². The van der Waals surface area contributed by atoms with Gasteiger partial charge in [-0.3, -0.25) is 0 Å². The Balaban J connectivity index is 2.43. The largest absolute Gasteiger partial charge is 0.393 e. The average molecular weight is 240 g/mol. The minimum absolute atomic E-state index is 0.0834. The van der Waals surface area contributed by atoms with Gasteiger partial charge in [-0.25, -0.2) is 0 Å². The van der Waals surface area contributed by atoms with Crippen molar-refractivity contribution in [1.29, 1.82) is 0 Å². The highest BCUT2D eigenvalue weighted by Gasteiger charge is 2.36. The average Bonchev–Trinajstić information content (AvgIpc) is 2.14. The maximum atomic E-state index is 10.0. The summed E-state index contributed by atoms with van der Waals surface area (Å²) in [4.78, 5) is 0. The van der Waals surface area contributed by atoms with Crippen LogP contribution in [0.2, 0.25) is 0 Å². The van der Waals surface area contributed by atoms with Crippen LogP contribution in [0, 0.1) is 23.2 Å². The highest BCUT2D eigenvalue weighted by atomic mass is 16.3. The third-order valence-electron chi connectivity index (χ3n) is 4.73. The molecular formula is C16H32O. The highest BCUT2D eigenvalue weighted by Crippen LogP contribution is 2.46. The molecule has 0 aromatic heterocycles. The quantitative estimate of drug-likeness (QED) is 0.742. The first kappa shape index (κ1) is 15.0. The van der Waals surface area contributed by atoms with Crippen molar-refractivity contribution in [3.8, 4) is 0 Å². The lowest BCUT2D eigenvalue weighted by atomic mass is 9.62. The topological polar surface area (TPSA) is 20.2 Å². The molecule has 1 saturated carbocycles. The fourth-order valence-corrected chi connectivity index (χ4v) is 3.75. The molecule has 2 unspecified atom stereocenters. The maximum Gasteiger partial charge on any atom is 0.0542 e. The zero-order chi connectivity index (χ0) is 13.1. The summed E-state index contributed by atoms with van der Waals surface area (Å²) in [6, 6.07) is 0. The summed E-state index contributed by atoms with van der Waals surface area (Å²) >= 11 is 0. The summed E-state index contributed by atoms with van der Waals surface area (Å²) in [7, 11) is 0. The van der Waals surface area contributed by atoms with Crippen LogP contribution in [-0.4, -0.2) is 11.2 Å². The molecule has 0 heterocycles. The van der Waals surface area contributed by atoms with E-state index in [4.69, 9.17) is 0 Å². The Labute approximate surface area is 108 Å². The second-order valence-corrected chi connectivity index (χ2v) is 7.33. The Hall–Kier alpha value is -0.0400. The first-order chi connectivity index (χ1) is 7.83. The number of hydrogen-bond donors (Lipinski definition) is 1. The number of rotatable bonds is 5. The molecule has 0 aromatic carbocycles. The summed E-state index contributed by atoms with van der Waals surface area (Å²) in [6.45, 7) is 11.6. The summed E-state index contributed by atoms with van der Waals surface area (Å²) in [6.07, 6.45) is 7.22. The summed E-state index contributed by atoms with van der Waals surface area (Å²) in [5.74, 6) is 2.25. The molecule has 1 nitrogen and oxygen atoms in total. The highest BCUT2D eigenvalue weighted by molar-refractivity contribution is 4.86. The summed E-state index contributed by atoms with van der Waals surface area (Å²) in [5, 5.41) is 10.0.